The third kappa shape index (κ3) is 3.46. The van der Waals surface area contributed by atoms with Crippen LogP contribution in [0.3, 0.4) is 0 Å². The first-order valence-electron chi connectivity index (χ1n) is 8.19. The molecule has 2 aromatic heterocycles. The molecule has 7 heteroatoms. The molecule has 0 radical (unpaired) electrons. The topological polar surface area (TPSA) is 67.2 Å². The molecule has 2 atom stereocenters. The van der Waals surface area contributed by atoms with Crippen LogP contribution in [-0.4, -0.2) is 39.6 Å². The Bertz CT molecular complexity index is 833. The molecular formula is C18H19ClN4O2. The van der Waals surface area contributed by atoms with Crippen LogP contribution in [-0.2, 0) is 11.3 Å². The molecule has 25 heavy (non-hydrogen) atoms. The lowest BCUT2D eigenvalue weighted by molar-refractivity contribution is 0.106. The molecule has 1 N–H and O–H groups in total. The van der Waals surface area contributed by atoms with Crippen LogP contribution in [0.1, 0.15) is 24.2 Å². The zero-order chi connectivity index (χ0) is 17.2. The Balaban J connectivity index is 1.53. The molecule has 0 spiro atoms. The van der Waals surface area contributed by atoms with Gasteiger partial charge in [-0.2, -0.15) is 0 Å². The smallest absolute Gasteiger partial charge is 0.209 e. The molecule has 0 bridgehead atoms. The minimum absolute atomic E-state index is 0.168. The normalized spacial score (nSPS) is 21.0. The Morgan fingerprint density at radius 1 is 1.40 bits per heavy atom. The maximum atomic E-state index is 6.05. The monoisotopic (exact) mass is 358 g/mol. The maximum absolute atomic E-state index is 6.05. The van der Waals surface area contributed by atoms with Crippen LogP contribution in [0, 0.1) is 0 Å². The molecule has 1 unspecified atom stereocenters. The van der Waals surface area contributed by atoms with E-state index in [1.54, 1.807) is 19.5 Å². The van der Waals surface area contributed by atoms with Gasteiger partial charge in [-0.05, 0) is 18.6 Å². The molecule has 1 saturated heterocycles. The number of benzene rings is 1. The van der Waals surface area contributed by atoms with Crippen molar-refractivity contribution >= 4 is 11.6 Å². The second kappa shape index (κ2) is 7.00. The number of nitrogens with one attached hydrogen (secondary N) is 1. The number of nitrogens with zero attached hydrogens (tertiary/aromatic N) is 3. The predicted molar refractivity (Wildman–Crippen MR) is 94.1 cm³/mol. The third-order valence-electron chi connectivity index (χ3n) is 4.53. The molecule has 3 aromatic rings. The molecule has 1 aliphatic heterocycles. The Morgan fingerprint density at radius 2 is 2.32 bits per heavy atom. The van der Waals surface area contributed by atoms with E-state index in [-0.39, 0.29) is 12.1 Å². The number of methoxy groups -OCH3 is 1. The quantitative estimate of drug-likeness (QED) is 0.753. The van der Waals surface area contributed by atoms with E-state index in [2.05, 4.69) is 19.9 Å². The van der Waals surface area contributed by atoms with Crippen molar-refractivity contribution in [1.82, 2.24) is 19.9 Å². The van der Waals surface area contributed by atoms with E-state index in [1.807, 2.05) is 30.5 Å². The molecule has 3 heterocycles. The van der Waals surface area contributed by atoms with Gasteiger partial charge < -0.3 is 14.1 Å². The summed E-state index contributed by atoms with van der Waals surface area (Å²) in [5.74, 6) is 2.33. The van der Waals surface area contributed by atoms with Crippen molar-refractivity contribution in [3.05, 3.63) is 59.6 Å². The Morgan fingerprint density at radius 3 is 3.08 bits per heavy atom. The summed E-state index contributed by atoms with van der Waals surface area (Å²) in [6.45, 7) is 1.42. The lowest BCUT2D eigenvalue weighted by Gasteiger charge is -2.20. The number of aromatic amines is 1. The number of H-pyrrole nitrogens is 1. The van der Waals surface area contributed by atoms with E-state index >= 15 is 0 Å². The number of imidazole rings is 1. The molecule has 4 rings (SSSR count). The number of halogens is 1. The van der Waals surface area contributed by atoms with Crippen molar-refractivity contribution in [2.45, 2.75) is 25.1 Å². The van der Waals surface area contributed by atoms with E-state index in [0.717, 1.165) is 30.1 Å². The van der Waals surface area contributed by atoms with Gasteiger partial charge in [0.05, 0.1) is 24.9 Å². The lowest BCUT2D eigenvalue weighted by atomic mass is 10.2. The van der Waals surface area contributed by atoms with Gasteiger partial charge in [-0.25, -0.2) is 9.97 Å². The molecule has 1 aliphatic rings. The summed E-state index contributed by atoms with van der Waals surface area (Å²) in [5, 5.41) is 0.677. The summed E-state index contributed by atoms with van der Waals surface area (Å²) in [5.41, 5.74) is 0.921. The van der Waals surface area contributed by atoms with Crippen LogP contribution in [0.25, 0.3) is 11.3 Å². The van der Waals surface area contributed by atoms with Gasteiger partial charge >= 0.3 is 0 Å². The average Bonchev–Trinajstić information content (AvgIpc) is 3.35. The van der Waals surface area contributed by atoms with Crippen LogP contribution < -0.4 is 0 Å². The molecule has 1 aromatic carbocycles. The molecule has 1 fully saturated rings. The van der Waals surface area contributed by atoms with Crippen molar-refractivity contribution in [1.29, 1.82) is 0 Å². The molecular weight excluding hydrogens is 340 g/mol. The van der Waals surface area contributed by atoms with Crippen molar-refractivity contribution in [3.8, 4) is 11.3 Å². The first kappa shape index (κ1) is 16.3. The fraction of sp³-hybridized carbons (Fsp3) is 0.333. The first-order chi connectivity index (χ1) is 12.2. The van der Waals surface area contributed by atoms with Gasteiger partial charge in [0, 0.05) is 36.6 Å². The lowest BCUT2D eigenvalue weighted by Crippen LogP contribution is -2.25. The number of rotatable bonds is 5. The number of ether oxygens (including phenoxy) is 1. The third-order valence-corrected chi connectivity index (χ3v) is 4.77. The largest absolute Gasteiger partial charge is 0.439 e. The summed E-state index contributed by atoms with van der Waals surface area (Å²) in [7, 11) is 1.75. The molecule has 0 amide bonds. The minimum Gasteiger partial charge on any atom is -0.439 e. The number of aromatic nitrogens is 3. The van der Waals surface area contributed by atoms with Gasteiger partial charge in [0.15, 0.2) is 5.76 Å². The van der Waals surface area contributed by atoms with E-state index < -0.39 is 0 Å². The summed E-state index contributed by atoms with van der Waals surface area (Å²) < 4.78 is 11.5. The molecule has 0 aliphatic carbocycles. The van der Waals surface area contributed by atoms with Crippen LogP contribution in [0.5, 0.6) is 0 Å². The maximum Gasteiger partial charge on any atom is 0.209 e. The Hall–Kier alpha value is -2.15. The van der Waals surface area contributed by atoms with Gasteiger partial charge in [0.25, 0.3) is 0 Å². The number of oxazole rings is 1. The van der Waals surface area contributed by atoms with E-state index in [0.29, 0.717) is 17.5 Å². The summed E-state index contributed by atoms with van der Waals surface area (Å²) in [6.07, 6.45) is 6.43. The minimum atomic E-state index is 0.168. The van der Waals surface area contributed by atoms with Gasteiger partial charge in [-0.3, -0.25) is 4.90 Å². The summed E-state index contributed by atoms with van der Waals surface area (Å²) in [6, 6.07) is 7.73. The Labute approximate surface area is 150 Å². The van der Waals surface area contributed by atoms with Gasteiger partial charge in [0.1, 0.15) is 5.82 Å². The van der Waals surface area contributed by atoms with Crippen molar-refractivity contribution < 1.29 is 9.15 Å². The highest BCUT2D eigenvalue weighted by Crippen LogP contribution is 2.33. The van der Waals surface area contributed by atoms with Crippen molar-refractivity contribution in [3.63, 3.8) is 0 Å². The molecule has 130 valence electrons. The second-order valence-corrected chi connectivity index (χ2v) is 6.58. The number of hydrogen-bond acceptors (Lipinski definition) is 5. The van der Waals surface area contributed by atoms with Crippen molar-refractivity contribution in [2.24, 2.45) is 0 Å². The highest BCUT2D eigenvalue weighted by atomic mass is 35.5. The van der Waals surface area contributed by atoms with Gasteiger partial charge in [-0.1, -0.05) is 23.7 Å². The predicted octanol–water partition coefficient (Wildman–Crippen LogP) is 3.68. The molecule has 0 saturated carbocycles. The summed E-state index contributed by atoms with van der Waals surface area (Å²) >= 11 is 6.05. The number of hydrogen-bond donors (Lipinski definition) is 1. The average molecular weight is 359 g/mol. The van der Waals surface area contributed by atoms with E-state index in [9.17, 15) is 0 Å². The van der Waals surface area contributed by atoms with Gasteiger partial charge in [0.2, 0.25) is 5.89 Å². The zero-order valence-corrected chi connectivity index (χ0v) is 14.6. The van der Waals surface area contributed by atoms with Crippen LogP contribution in [0.2, 0.25) is 5.02 Å². The van der Waals surface area contributed by atoms with Crippen LogP contribution in [0.4, 0.5) is 0 Å². The van der Waals surface area contributed by atoms with E-state index in [4.69, 9.17) is 20.8 Å². The molecule has 6 nitrogen and oxygen atoms in total. The fourth-order valence-corrected chi connectivity index (χ4v) is 3.47. The fourth-order valence-electron chi connectivity index (χ4n) is 3.28. The highest BCUT2D eigenvalue weighted by molar-refractivity contribution is 6.30. The second-order valence-electron chi connectivity index (χ2n) is 6.14. The van der Waals surface area contributed by atoms with Crippen molar-refractivity contribution in [2.75, 3.05) is 13.7 Å². The standard InChI is InChI=1S/C18H19ClN4O2/c1-24-14-8-15(18-20-5-6-21-18)23(10-14)11-17-22-9-16(25-17)12-3-2-4-13(19)7-12/h2-7,9,14-15H,8,10-11H2,1H3,(H,20,21)/t14-,15?/m1/s1. The SMILES string of the molecule is CO[C@@H]1CC(c2ncc[nH]2)N(Cc2ncc(-c3cccc(Cl)c3)o2)C1. The Kier molecular flexibility index (Phi) is 4.57. The van der Waals surface area contributed by atoms with E-state index in [1.165, 1.54) is 0 Å². The number of likely N-dealkylation sites (tertiary alicyclic amines) is 1. The zero-order valence-electron chi connectivity index (χ0n) is 13.9. The van der Waals surface area contributed by atoms with Crippen LogP contribution >= 0.6 is 11.6 Å². The van der Waals surface area contributed by atoms with Crippen LogP contribution in [0.15, 0.2) is 47.3 Å². The first-order valence-corrected chi connectivity index (χ1v) is 8.57. The highest BCUT2D eigenvalue weighted by Gasteiger charge is 2.35. The summed E-state index contributed by atoms with van der Waals surface area (Å²) in [4.78, 5) is 14.3. The van der Waals surface area contributed by atoms with Gasteiger partial charge in [-0.15, -0.1) is 0 Å².